The van der Waals surface area contributed by atoms with Gasteiger partial charge in [0.1, 0.15) is 12.1 Å². The number of hydrogen-bond acceptors (Lipinski definition) is 3. The van der Waals surface area contributed by atoms with Crippen molar-refractivity contribution in [3.05, 3.63) is 42.0 Å². The van der Waals surface area contributed by atoms with Gasteiger partial charge in [-0.3, -0.25) is 0 Å². The van der Waals surface area contributed by atoms with E-state index in [-0.39, 0.29) is 5.82 Å². The molecule has 0 saturated carbocycles. The van der Waals surface area contributed by atoms with Gasteiger partial charge in [0.05, 0.1) is 12.2 Å². The number of hydrogen-bond donors (Lipinski definition) is 1. The van der Waals surface area contributed by atoms with Crippen molar-refractivity contribution >= 4 is 0 Å². The quantitative estimate of drug-likeness (QED) is 0.646. The van der Waals surface area contributed by atoms with Gasteiger partial charge in [-0.2, -0.15) is 0 Å². The summed E-state index contributed by atoms with van der Waals surface area (Å²) in [6, 6.07) is 6.12. The highest BCUT2D eigenvalue weighted by molar-refractivity contribution is 5.52. The molecule has 0 saturated heterocycles. The molecule has 0 atom stereocenters. The maximum atomic E-state index is 13.0. The van der Waals surface area contributed by atoms with Gasteiger partial charge in [-0.1, -0.05) is 12.0 Å². The minimum Gasteiger partial charge on any atom is -0.444 e. The van der Waals surface area contributed by atoms with Gasteiger partial charge >= 0.3 is 0 Å². The van der Waals surface area contributed by atoms with Gasteiger partial charge in [0.15, 0.2) is 0 Å². The lowest BCUT2D eigenvalue weighted by molar-refractivity contribution is 0.569. The summed E-state index contributed by atoms with van der Waals surface area (Å²) in [5, 5.41) is 2.99. The van der Waals surface area contributed by atoms with Crippen LogP contribution in [0.4, 0.5) is 4.39 Å². The van der Waals surface area contributed by atoms with Crippen LogP contribution in [0.15, 0.2) is 34.9 Å². The molecule has 1 aromatic heterocycles. The maximum Gasteiger partial charge on any atom is 0.226 e. The van der Waals surface area contributed by atoms with E-state index in [0.717, 1.165) is 5.69 Å². The molecular formula is C13H11FN2O. The minimum absolute atomic E-state index is 0.312. The molecular weight excluding hydrogens is 219 g/mol. The molecule has 86 valence electrons. The standard InChI is InChI=1S/C13H11FN2O/c1-2-6-15-8-12-9-17-13(16-12)10-4-3-5-11(14)7-10/h1,3-5,7,9,15H,6,8H2. The fraction of sp³-hybridized carbons (Fsp3) is 0.154. The Morgan fingerprint density at radius 2 is 2.35 bits per heavy atom. The van der Waals surface area contributed by atoms with Crippen LogP contribution in [0, 0.1) is 18.2 Å². The third-order valence-corrected chi connectivity index (χ3v) is 2.16. The molecule has 0 unspecified atom stereocenters. The average molecular weight is 230 g/mol. The number of benzene rings is 1. The molecule has 17 heavy (non-hydrogen) atoms. The molecule has 0 amide bonds. The smallest absolute Gasteiger partial charge is 0.226 e. The summed E-state index contributed by atoms with van der Waals surface area (Å²) in [7, 11) is 0. The predicted molar refractivity (Wildman–Crippen MR) is 62.4 cm³/mol. The van der Waals surface area contributed by atoms with Crippen molar-refractivity contribution in [3.8, 4) is 23.8 Å². The van der Waals surface area contributed by atoms with Crippen LogP contribution in [-0.2, 0) is 6.54 Å². The second-order valence-corrected chi connectivity index (χ2v) is 3.46. The van der Waals surface area contributed by atoms with Crippen LogP contribution in [0.5, 0.6) is 0 Å². The zero-order valence-electron chi connectivity index (χ0n) is 9.11. The lowest BCUT2D eigenvalue weighted by Crippen LogP contribution is -2.13. The largest absolute Gasteiger partial charge is 0.444 e. The van der Waals surface area contributed by atoms with Gasteiger partial charge in [0.2, 0.25) is 5.89 Å². The highest BCUT2D eigenvalue weighted by Gasteiger charge is 2.06. The molecule has 2 aromatic rings. The first-order chi connectivity index (χ1) is 8.29. The van der Waals surface area contributed by atoms with E-state index in [2.05, 4.69) is 16.2 Å². The molecule has 0 fully saturated rings. The lowest BCUT2D eigenvalue weighted by Gasteiger charge is -1.95. The van der Waals surface area contributed by atoms with E-state index >= 15 is 0 Å². The SMILES string of the molecule is C#CCNCc1coc(-c2cccc(F)c2)n1. The number of nitrogens with zero attached hydrogens (tertiary/aromatic N) is 1. The van der Waals surface area contributed by atoms with Gasteiger partial charge in [-0.05, 0) is 18.2 Å². The fourth-order valence-electron chi connectivity index (χ4n) is 1.41. The summed E-state index contributed by atoms with van der Waals surface area (Å²) in [6.07, 6.45) is 6.64. The third kappa shape index (κ3) is 2.92. The molecule has 3 nitrogen and oxygen atoms in total. The predicted octanol–water partition coefficient (Wildman–Crippen LogP) is 2.20. The second kappa shape index (κ2) is 5.28. The Balaban J connectivity index is 2.10. The number of oxazole rings is 1. The maximum absolute atomic E-state index is 13.0. The summed E-state index contributed by atoms with van der Waals surface area (Å²) in [6.45, 7) is 1.01. The van der Waals surface area contributed by atoms with Crippen molar-refractivity contribution in [2.24, 2.45) is 0 Å². The molecule has 0 spiro atoms. The summed E-state index contributed by atoms with van der Waals surface area (Å²) in [5.41, 5.74) is 1.35. The first kappa shape index (κ1) is 11.4. The lowest BCUT2D eigenvalue weighted by atomic mass is 10.2. The molecule has 1 aromatic carbocycles. The number of halogens is 1. The van der Waals surface area contributed by atoms with Crippen molar-refractivity contribution in [2.45, 2.75) is 6.54 Å². The van der Waals surface area contributed by atoms with Crippen LogP contribution in [-0.4, -0.2) is 11.5 Å². The number of terminal acetylenes is 1. The highest BCUT2D eigenvalue weighted by atomic mass is 19.1. The summed E-state index contributed by atoms with van der Waals surface area (Å²) >= 11 is 0. The van der Waals surface area contributed by atoms with Gasteiger partial charge in [-0.15, -0.1) is 6.42 Å². The van der Waals surface area contributed by atoms with Crippen LogP contribution >= 0.6 is 0 Å². The third-order valence-electron chi connectivity index (χ3n) is 2.16. The fourth-order valence-corrected chi connectivity index (χ4v) is 1.41. The first-order valence-electron chi connectivity index (χ1n) is 5.14. The van der Waals surface area contributed by atoms with Crippen molar-refractivity contribution in [2.75, 3.05) is 6.54 Å². The molecule has 0 bridgehead atoms. The number of aromatic nitrogens is 1. The van der Waals surface area contributed by atoms with Crippen molar-refractivity contribution < 1.29 is 8.81 Å². The Morgan fingerprint density at radius 3 is 3.12 bits per heavy atom. The molecule has 4 heteroatoms. The van der Waals surface area contributed by atoms with E-state index in [1.165, 1.54) is 18.4 Å². The van der Waals surface area contributed by atoms with Gasteiger partial charge < -0.3 is 9.73 Å². The highest BCUT2D eigenvalue weighted by Crippen LogP contribution is 2.19. The molecule has 0 aliphatic carbocycles. The summed E-state index contributed by atoms with van der Waals surface area (Å²) < 4.78 is 18.3. The van der Waals surface area contributed by atoms with Crippen molar-refractivity contribution in [1.82, 2.24) is 10.3 Å². The molecule has 0 aliphatic rings. The van der Waals surface area contributed by atoms with E-state index in [1.54, 1.807) is 12.1 Å². The molecule has 1 N–H and O–H groups in total. The Bertz CT molecular complexity index is 542. The zero-order valence-corrected chi connectivity index (χ0v) is 9.11. The zero-order chi connectivity index (χ0) is 12.1. The van der Waals surface area contributed by atoms with Crippen molar-refractivity contribution in [1.29, 1.82) is 0 Å². The first-order valence-corrected chi connectivity index (χ1v) is 5.14. The molecule has 1 heterocycles. The number of nitrogens with one attached hydrogen (secondary N) is 1. The second-order valence-electron chi connectivity index (χ2n) is 3.46. The van der Waals surface area contributed by atoms with Crippen LogP contribution < -0.4 is 5.32 Å². The monoisotopic (exact) mass is 230 g/mol. The van der Waals surface area contributed by atoms with Crippen LogP contribution in [0.25, 0.3) is 11.5 Å². The van der Waals surface area contributed by atoms with Crippen LogP contribution in [0.2, 0.25) is 0 Å². The minimum atomic E-state index is -0.312. The summed E-state index contributed by atoms with van der Waals surface area (Å²) in [5.74, 6) is 2.56. The average Bonchev–Trinajstić information content (AvgIpc) is 2.78. The Labute approximate surface area is 98.7 Å². The Hall–Kier alpha value is -2.12. The molecule has 2 rings (SSSR count). The van der Waals surface area contributed by atoms with E-state index < -0.39 is 0 Å². The topological polar surface area (TPSA) is 38.1 Å². The summed E-state index contributed by atoms with van der Waals surface area (Å²) in [4.78, 5) is 4.23. The van der Waals surface area contributed by atoms with Gasteiger partial charge in [-0.25, -0.2) is 9.37 Å². The van der Waals surface area contributed by atoms with Crippen LogP contribution in [0.1, 0.15) is 5.69 Å². The van der Waals surface area contributed by atoms with Crippen molar-refractivity contribution in [3.63, 3.8) is 0 Å². The molecule has 0 radical (unpaired) electrons. The molecule has 0 aliphatic heterocycles. The Kier molecular flexibility index (Phi) is 3.53. The van der Waals surface area contributed by atoms with E-state index in [4.69, 9.17) is 10.8 Å². The number of rotatable bonds is 4. The van der Waals surface area contributed by atoms with E-state index in [1.807, 2.05) is 0 Å². The van der Waals surface area contributed by atoms with E-state index in [9.17, 15) is 4.39 Å². The van der Waals surface area contributed by atoms with Gasteiger partial charge in [0, 0.05) is 12.1 Å². The van der Waals surface area contributed by atoms with Crippen LogP contribution in [0.3, 0.4) is 0 Å². The normalized spacial score (nSPS) is 10.1. The van der Waals surface area contributed by atoms with Gasteiger partial charge in [0.25, 0.3) is 0 Å². The Morgan fingerprint density at radius 1 is 1.47 bits per heavy atom. The van der Waals surface area contributed by atoms with E-state index in [0.29, 0.717) is 24.5 Å².